The highest BCUT2D eigenvalue weighted by Crippen LogP contribution is 2.22. The van der Waals surface area contributed by atoms with Gasteiger partial charge in [-0.05, 0) is 42.1 Å². The second-order valence-corrected chi connectivity index (χ2v) is 5.37. The number of rotatable bonds is 4. The molecule has 0 atom stereocenters. The van der Waals surface area contributed by atoms with Crippen LogP contribution in [0.5, 0.6) is 5.75 Å². The largest absolute Gasteiger partial charge is 0.508 e. The van der Waals surface area contributed by atoms with E-state index >= 15 is 0 Å². The second kappa shape index (κ2) is 5.24. The summed E-state index contributed by atoms with van der Waals surface area (Å²) in [6.07, 6.45) is 1.11. The summed E-state index contributed by atoms with van der Waals surface area (Å²) < 4.78 is 0. The molecule has 1 aromatic heterocycles. The van der Waals surface area contributed by atoms with Crippen molar-refractivity contribution < 1.29 is 5.11 Å². The fourth-order valence-electron chi connectivity index (χ4n) is 1.27. The topological polar surface area (TPSA) is 20.2 Å². The van der Waals surface area contributed by atoms with Gasteiger partial charge in [0.1, 0.15) is 5.75 Å². The summed E-state index contributed by atoms with van der Waals surface area (Å²) in [5, 5.41) is 11.2. The molecule has 0 aliphatic heterocycles. The van der Waals surface area contributed by atoms with Gasteiger partial charge >= 0.3 is 0 Å². The Labute approximate surface area is 97.8 Å². The first kappa shape index (κ1) is 10.6. The van der Waals surface area contributed by atoms with Gasteiger partial charge in [-0.2, -0.15) is 0 Å². The lowest BCUT2D eigenvalue weighted by Gasteiger charge is -2.00. The zero-order valence-electron chi connectivity index (χ0n) is 8.22. The molecule has 1 N–H and O–H groups in total. The molecule has 1 aromatic carbocycles. The zero-order valence-corrected chi connectivity index (χ0v) is 9.85. The Morgan fingerprint density at radius 2 is 1.93 bits per heavy atom. The molecule has 0 aliphatic rings. The number of thioether (sulfide) groups is 1. The Balaban J connectivity index is 1.81. The maximum absolute atomic E-state index is 9.12. The predicted octanol–water partition coefficient (Wildman–Crippen LogP) is 3.79. The maximum atomic E-state index is 9.12. The summed E-state index contributed by atoms with van der Waals surface area (Å²) in [4.78, 5) is 2.64. The molecular weight excluding hydrogens is 224 g/mol. The van der Waals surface area contributed by atoms with Crippen LogP contribution in [0.4, 0.5) is 0 Å². The van der Waals surface area contributed by atoms with Crippen LogP contribution in [-0.2, 0) is 6.42 Å². The Morgan fingerprint density at radius 3 is 2.60 bits per heavy atom. The minimum absolute atomic E-state index is 0.331. The first-order valence-corrected chi connectivity index (χ1v) is 6.65. The van der Waals surface area contributed by atoms with E-state index in [1.807, 2.05) is 35.2 Å². The number of aromatic hydroxyl groups is 1. The van der Waals surface area contributed by atoms with Crippen LogP contribution in [0.25, 0.3) is 0 Å². The standard InChI is InChI=1S/C12H12OS2/c13-10-3-5-12(6-4-10)15-9-7-11-2-1-8-14-11/h1-6,8,13H,7,9H2. The number of benzene rings is 1. The van der Waals surface area contributed by atoms with E-state index in [-0.39, 0.29) is 0 Å². The summed E-state index contributed by atoms with van der Waals surface area (Å²) in [6, 6.07) is 11.6. The number of hydrogen-bond donors (Lipinski definition) is 1. The predicted molar refractivity (Wildman–Crippen MR) is 66.9 cm³/mol. The van der Waals surface area contributed by atoms with Crippen LogP contribution in [0.15, 0.2) is 46.7 Å². The van der Waals surface area contributed by atoms with Crippen molar-refractivity contribution >= 4 is 23.1 Å². The lowest BCUT2D eigenvalue weighted by atomic mass is 10.3. The van der Waals surface area contributed by atoms with Gasteiger partial charge < -0.3 is 5.11 Å². The van der Waals surface area contributed by atoms with Crippen molar-refractivity contribution in [1.82, 2.24) is 0 Å². The molecule has 2 aromatic rings. The zero-order chi connectivity index (χ0) is 10.5. The molecule has 78 valence electrons. The molecule has 3 heteroatoms. The third-order valence-corrected chi connectivity index (χ3v) is 3.98. The molecule has 0 fully saturated rings. The van der Waals surface area contributed by atoms with E-state index in [4.69, 9.17) is 5.11 Å². The van der Waals surface area contributed by atoms with Crippen molar-refractivity contribution in [3.05, 3.63) is 46.7 Å². The van der Waals surface area contributed by atoms with E-state index in [1.165, 1.54) is 9.77 Å². The molecule has 0 radical (unpaired) electrons. The van der Waals surface area contributed by atoms with Crippen LogP contribution in [-0.4, -0.2) is 10.9 Å². The minimum atomic E-state index is 0.331. The molecule has 2 rings (SSSR count). The first-order valence-electron chi connectivity index (χ1n) is 4.79. The van der Waals surface area contributed by atoms with Crippen molar-refractivity contribution in [3.8, 4) is 5.75 Å². The quantitative estimate of drug-likeness (QED) is 0.815. The van der Waals surface area contributed by atoms with Gasteiger partial charge in [0.05, 0.1) is 0 Å². The summed E-state index contributed by atoms with van der Waals surface area (Å²) in [5.74, 6) is 1.42. The summed E-state index contributed by atoms with van der Waals surface area (Å²) in [5.41, 5.74) is 0. The maximum Gasteiger partial charge on any atom is 0.115 e. The monoisotopic (exact) mass is 236 g/mol. The SMILES string of the molecule is Oc1ccc(SCCc2cccs2)cc1. The Bertz CT molecular complexity index is 392. The van der Waals surface area contributed by atoms with Gasteiger partial charge in [-0.3, -0.25) is 0 Å². The molecule has 0 spiro atoms. The van der Waals surface area contributed by atoms with E-state index in [0.29, 0.717) is 5.75 Å². The summed E-state index contributed by atoms with van der Waals surface area (Å²) in [7, 11) is 0. The van der Waals surface area contributed by atoms with Crippen molar-refractivity contribution in [1.29, 1.82) is 0 Å². The van der Waals surface area contributed by atoms with E-state index < -0.39 is 0 Å². The third-order valence-electron chi connectivity index (χ3n) is 2.03. The molecule has 1 nitrogen and oxygen atoms in total. The van der Waals surface area contributed by atoms with Crippen molar-refractivity contribution in [2.24, 2.45) is 0 Å². The molecule has 0 saturated heterocycles. The highest BCUT2D eigenvalue weighted by molar-refractivity contribution is 7.99. The van der Waals surface area contributed by atoms with Gasteiger partial charge in [0.15, 0.2) is 0 Å². The number of phenols is 1. The lowest BCUT2D eigenvalue weighted by molar-refractivity contribution is 0.475. The fourth-order valence-corrected chi connectivity index (χ4v) is 2.99. The minimum Gasteiger partial charge on any atom is -0.508 e. The first-order chi connectivity index (χ1) is 7.34. The number of aryl methyl sites for hydroxylation is 1. The lowest BCUT2D eigenvalue weighted by Crippen LogP contribution is -1.83. The summed E-state index contributed by atoms with van der Waals surface area (Å²) >= 11 is 3.63. The van der Waals surface area contributed by atoms with Crippen LogP contribution >= 0.6 is 23.1 Å². The van der Waals surface area contributed by atoms with E-state index in [2.05, 4.69) is 17.5 Å². The molecule has 15 heavy (non-hydrogen) atoms. The number of thiophene rings is 1. The van der Waals surface area contributed by atoms with Gasteiger partial charge in [0.2, 0.25) is 0 Å². The van der Waals surface area contributed by atoms with Crippen LogP contribution in [0.1, 0.15) is 4.88 Å². The third kappa shape index (κ3) is 3.29. The molecule has 1 heterocycles. The van der Waals surface area contributed by atoms with Crippen LogP contribution in [0.3, 0.4) is 0 Å². The van der Waals surface area contributed by atoms with Crippen molar-refractivity contribution in [2.75, 3.05) is 5.75 Å². The molecule has 0 aliphatic carbocycles. The van der Waals surface area contributed by atoms with Crippen LogP contribution in [0.2, 0.25) is 0 Å². The number of hydrogen-bond acceptors (Lipinski definition) is 3. The van der Waals surface area contributed by atoms with Gasteiger partial charge in [-0.15, -0.1) is 23.1 Å². The van der Waals surface area contributed by atoms with E-state index in [0.717, 1.165) is 12.2 Å². The Kier molecular flexibility index (Phi) is 3.69. The van der Waals surface area contributed by atoms with Gasteiger partial charge in [0.25, 0.3) is 0 Å². The van der Waals surface area contributed by atoms with Gasteiger partial charge in [-0.25, -0.2) is 0 Å². The number of phenolic OH excluding ortho intramolecular Hbond substituents is 1. The highest BCUT2D eigenvalue weighted by atomic mass is 32.2. The van der Waals surface area contributed by atoms with Crippen LogP contribution in [0, 0.1) is 0 Å². The molecule has 0 amide bonds. The van der Waals surface area contributed by atoms with Crippen molar-refractivity contribution in [2.45, 2.75) is 11.3 Å². The summed E-state index contributed by atoms with van der Waals surface area (Å²) in [6.45, 7) is 0. The average Bonchev–Trinajstić information content (AvgIpc) is 2.74. The van der Waals surface area contributed by atoms with Gasteiger partial charge in [-0.1, -0.05) is 6.07 Å². The van der Waals surface area contributed by atoms with E-state index in [9.17, 15) is 0 Å². The Morgan fingerprint density at radius 1 is 1.13 bits per heavy atom. The molecular formula is C12H12OS2. The molecule has 0 unspecified atom stereocenters. The fraction of sp³-hybridized carbons (Fsp3) is 0.167. The van der Waals surface area contributed by atoms with E-state index in [1.54, 1.807) is 12.1 Å². The Hall–Kier alpha value is -0.930. The molecule has 0 bridgehead atoms. The van der Waals surface area contributed by atoms with Crippen LogP contribution < -0.4 is 0 Å². The van der Waals surface area contributed by atoms with Crippen molar-refractivity contribution in [3.63, 3.8) is 0 Å². The smallest absolute Gasteiger partial charge is 0.115 e. The van der Waals surface area contributed by atoms with Gasteiger partial charge in [0, 0.05) is 15.5 Å². The second-order valence-electron chi connectivity index (χ2n) is 3.17. The molecule has 0 saturated carbocycles. The average molecular weight is 236 g/mol. The normalized spacial score (nSPS) is 10.4. The highest BCUT2D eigenvalue weighted by Gasteiger charge is 1.96.